The highest BCUT2D eigenvalue weighted by Gasteiger charge is 2.35. The summed E-state index contributed by atoms with van der Waals surface area (Å²) in [6.45, 7) is 8.35. The van der Waals surface area contributed by atoms with Gasteiger partial charge in [0.2, 0.25) is 0 Å². The summed E-state index contributed by atoms with van der Waals surface area (Å²) in [5, 5.41) is 12.6. The van der Waals surface area contributed by atoms with Crippen LogP contribution in [0.5, 0.6) is 0 Å². The van der Waals surface area contributed by atoms with E-state index in [1.54, 1.807) is 0 Å². The summed E-state index contributed by atoms with van der Waals surface area (Å²) < 4.78 is 5.54. The molecule has 0 aromatic rings. The Labute approximate surface area is 117 Å². The maximum Gasteiger partial charge on any atom is 0.323 e. The van der Waals surface area contributed by atoms with E-state index in [1.165, 1.54) is 12.8 Å². The summed E-state index contributed by atoms with van der Waals surface area (Å²) in [6.07, 6.45) is 6.48. The molecule has 0 aromatic carbocycles. The molecule has 0 saturated heterocycles. The van der Waals surface area contributed by atoms with Gasteiger partial charge in [0.25, 0.3) is 0 Å². The van der Waals surface area contributed by atoms with E-state index < -0.39 is 11.5 Å². The second-order valence-electron chi connectivity index (χ2n) is 5.09. The van der Waals surface area contributed by atoms with Crippen molar-refractivity contribution in [2.75, 3.05) is 19.8 Å². The summed E-state index contributed by atoms with van der Waals surface area (Å²) in [5.41, 5.74) is -0.775. The number of carboxylic acids is 1. The van der Waals surface area contributed by atoms with Crippen LogP contribution in [-0.2, 0) is 9.53 Å². The fraction of sp³-hybridized carbons (Fsp3) is 0.933. The first-order valence-electron chi connectivity index (χ1n) is 7.69. The van der Waals surface area contributed by atoms with Crippen LogP contribution in [0.2, 0.25) is 0 Å². The largest absolute Gasteiger partial charge is 0.480 e. The minimum Gasteiger partial charge on any atom is -0.480 e. The topological polar surface area (TPSA) is 58.6 Å². The molecule has 0 aliphatic rings. The molecule has 0 bridgehead atoms. The van der Waals surface area contributed by atoms with Gasteiger partial charge in [0, 0.05) is 13.2 Å². The van der Waals surface area contributed by atoms with Crippen LogP contribution in [-0.4, -0.2) is 36.4 Å². The number of hydrogen-bond acceptors (Lipinski definition) is 3. The van der Waals surface area contributed by atoms with E-state index in [2.05, 4.69) is 12.2 Å². The lowest BCUT2D eigenvalue weighted by atomic mass is 9.90. The molecule has 0 aliphatic heterocycles. The van der Waals surface area contributed by atoms with Crippen molar-refractivity contribution in [3.05, 3.63) is 0 Å². The van der Waals surface area contributed by atoms with E-state index in [4.69, 9.17) is 4.74 Å². The first kappa shape index (κ1) is 18.4. The van der Waals surface area contributed by atoms with Crippen LogP contribution in [0, 0.1) is 0 Å². The molecule has 1 atom stereocenters. The molecule has 0 fully saturated rings. The maximum absolute atomic E-state index is 11.5. The number of ether oxygens (including phenoxy) is 1. The standard InChI is InChI=1S/C15H31NO3/c1-4-7-8-12-19-13-9-10-15(6-3,14(17)18)16-11-5-2/h16H,4-13H2,1-3H3,(H,17,18). The average Bonchev–Trinajstić information content (AvgIpc) is 2.41. The molecular formula is C15H31NO3. The van der Waals surface area contributed by atoms with Crippen molar-refractivity contribution in [2.45, 2.75) is 71.3 Å². The number of rotatable bonds is 13. The third kappa shape index (κ3) is 7.53. The maximum atomic E-state index is 11.5. The molecule has 0 heterocycles. The Kier molecular flexibility index (Phi) is 10.9. The van der Waals surface area contributed by atoms with Gasteiger partial charge in [-0.25, -0.2) is 0 Å². The molecule has 0 saturated carbocycles. The van der Waals surface area contributed by atoms with E-state index in [0.29, 0.717) is 19.4 Å². The van der Waals surface area contributed by atoms with E-state index in [0.717, 1.165) is 32.4 Å². The predicted molar refractivity (Wildman–Crippen MR) is 78.5 cm³/mol. The lowest BCUT2D eigenvalue weighted by Crippen LogP contribution is -2.52. The number of nitrogens with one attached hydrogen (secondary N) is 1. The molecule has 0 amide bonds. The highest BCUT2D eigenvalue weighted by atomic mass is 16.5. The number of carbonyl (C=O) groups is 1. The van der Waals surface area contributed by atoms with Gasteiger partial charge in [0.05, 0.1) is 0 Å². The van der Waals surface area contributed by atoms with Crippen LogP contribution in [0.4, 0.5) is 0 Å². The van der Waals surface area contributed by atoms with Gasteiger partial charge in [-0.2, -0.15) is 0 Å². The van der Waals surface area contributed by atoms with Gasteiger partial charge in [-0.05, 0) is 38.6 Å². The van der Waals surface area contributed by atoms with Crippen molar-refractivity contribution in [1.29, 1.82) is 0 Å². The fourth-order valence-corrected chi connectivity index (χ4v) is 2.12. The van der Waals surface area contributed by atoms with Crippen LogP contribution in [0.1, 0.15) is 65.7 Å². The Morgan fingerprint density at radius 1 is 1.11 bits per heavy atom. The second-order valence-corrected chi connectivity index (χ2v) is 5.09. The van der Waals surface area contributed by atoms with Crippen molar-refractivity contribution in [3.8, 4) is 0 Å². The number of unbranched alkanes of at least 4 members (excludes halogenated alkanes) is 2. The summed E-state index contributed by atoms with van der Waals surface area (Å²) in [6, 6.07) is 0. The normalized spacial score (nSPS) is 14.3. The highest BCUT2D eigenvalue weighted by molar-refractivity contribution is 5.78. The summed E-state index contributed by atoms with van der Waals surface area (Å²) in [5.74, 6) is -0.741. The third-order valence-corrected chi connectivity index (χ3v) is 3.51. The lowest BCUT2D eigenvalue weighted by Gasteiger charge is -2.29. The Morgan fingerprint density at radius 3 is 2.32 bits per heavy atom. The molecule has 114 valence electrons. The molecule has 19 heavy (non-hydrogen) atoms. The molecule has 0 rings (SSSR count). The van der Waals surface area contributed by atoms with Gasteiger partial charge in [-0.1, -0.05) is 33.6 Å². The number of aliphatic carboxylic acids is 1. The smallest absolute Gasteiger partial charge is 0.323 e. The van der Waals surface area contributed by atoms with E-state index >= 15 is 0 Å². The van der Waals surface area contributed by atoms with Crippen molar-refractivity contribution >= 4 is 5.97 Å². The predicted octanol–water partition coefficient (Wildman–Crippen LogP) is 3.21. The first-order chi connectivity index (χ1) is 9.13. The Bertz CT molecular complexity index is 233. The second kappa shape index (κ2) is 11.2. The summed E-state index contributed by atoms with van der Waals surface area (Å²) in [7, 11) is 0. The van der Waals surface area contributed by atoms with Gasteiger partial charge < -0.3 is 15.2 Å². The molecule has 4 heteroatoms. The molecule has 0 radical (unpaired) electrons. The Hall–Kier alpha value is -0.610. The molecule has 0 aromatic heterocycles. The molecule has 0 aliphatic carbocycles. The number of hydrogen-bond donors (Lipinski definition) is 2. The SMILES string of the molecule is CCCCCOCCCC(CC)(NCCC)C(=O)O. The van der Waals surface area contributed by atoms with Crippen molar-refractivity contribution in [3.63, 3.8) is 0 Å². The monoisotopic (exact) mass is 273 g/mol. The zero-order valence-electron chi connectivity index (χ0n) is 12.8. The number of carboxylic acid groups (broad SMARTS) is 1. The lowest BCUT2D eigenvalue weighted by molar-refractivity contribution is -0.145. The minimum absolute atomic E-state index is 0.609. The van der Waals surface area contributed by atoms with Crippen LogP contribution >= 0.6 is 0 Å². The van der Waals surface area contributed by atoms with Crippen LogP contribution in [0.3, 0.4) is 0 Å². The first-order valence-corrected chi connectivity index (χ1v) is 7.69. The molecule has 0 spiro atoms. The molecular weight excluding hydrogens is 242 g/mol. The van der Waals surface area contributed by atoms with Crippen LogP contribution in [0.25, 0.3) is 0 Å². The quantitative estimate of drug-likeness (QED) is 0.506. The van der Waals surface area contributed by atoms with Crippen molar-refractivity contribution < 1.29 is 14.6 Å². The average molecular weight is 273 g/mol. The van der Waals surface area contributed by atoms with Crippen molar-refractivity contribution in [1.82, 2.24) is 5.32 Å². The molecule has 1 unspecified atom stereocenters. The van der Waals surface area contributed by atoms with Gasteiger partial charge >= 0.3 is 5.97 Å². The summed E-state index contributed by atoms with van der Waals surface area (Å²) in [4.78, 5) is 11.5. The van der Waals surface area contributed by atoms with E-state index in [-0.39, 0.29) is 0 Å². The van der Waals surface area contributed by atoms with Gasteiger partial charge in [0.1, 0.15) is 5.54 Å². The minimum atomic E-state index is -0.775. The van der Waals surface area contributed by atoms with Gasteiger partial charge in [-0.3, -0.25) is 4.79 Å². The van der Waals surface area contributed by atoms with E-state index in [9.17, 15) is 9.90 Å². The summed E-state index contributed by atoms with van der Waals surface area (Å²) >= 11 is 0. The molecule has 2 N–H and O–H groups in total. The fourth-order valence-electron chi connectivity index (χ4n) is 2.12. The highest BCUT2D eigenvalue weighted by Crippen LogP contribution is 2.18. The Balaban J connectivity index is 3.95. The Morgan fingerprint density at radius 2 is 1.79 bits per heavy atom. The third-order valence-electron chi connectivity index (χ3n) is 3.51. The van der Waals surface area contributed by atoms with Crippen LogP contribution < -0.4 is 5.32 Å². The van der Waals surface area contributed by atoms with E-state index in [1.807, 2.05) is 13.8 Å². The zero-order chi connectivity index (χ0) is 14.6. The van der Waals surface area contributed by atoms with Gasteiger partial charge in [-0.15, -0.1) is 0 Å². The van der Waals surface area contributed by atoms with Gasteiger partial charge in [0.15, 0.2) is 0 Å². The zero-order valence-corrected chi connectivity index (χ0v) is 12.8. The van der Waals surface area contributed by atoms with Crippen LogP contribution in [0.15, 0.2) is 0 Å². The van der Waals surface area contributed by atoms with Crippen molar-refractivity contribution in [2.24, 2.45) is 0 Å². The molecule has 4 nitrogen and oxygen atoms in total.